The highest BCUT2D eigenvalue weighted by atomic mass is 16.5. The Morgan fingerprint density at radius 1 is 1.50 bits per heavy atom. The summed E-state index contributed by atoms with van der Waals surface area (Å²) < 4.78 is 5.27. The Morgan fingerprint density at radius 3 is 2.88 bits per heavy atom. The minimum Gasteiger partial charge on any atom is -0.495 e. The lowest BCUT2D eigenvalue weighted by molar-refractivity contribution is 0.183. The van der Waals surface area contributed by atoms with E-state index in [0.717, 1.165) is 27.9 Å². The third-order valence-corrected chi connectivity index (χ3v) is 2.80. The summed E-state index contributed by atoms with van der Waals surface area (Å²) in [6.07, 6.45) is -0.656. The monoisotopic (exact) mass is 220 g/mol. The fourth-order valence-corrected chi connectivity index (χ4v) is 1.83. The van der Waals surface area contributed by atoms with Gasteiger partial charge in [0.15, 0.2) is 0 Å². The summed E-state index contributed by atoms with van der Waals surface area (Å²) in [5, 5.41) is 10.7. The molecule has 16 heavy (non-hydrogen) atoms. The number of H-pyrrole nitrogens is 1. The zero-order valence-electron chi connectivity index (χ0n) is 9.45. The highest BCUT2D eigenvalue weighted by Gasteiger charge is 2.12. The number of aromatic nitrogens is 1. The molecule has 1 aromatic heterocycles. The van der Waals surface area contributed by atoms with E-state index in [1.165, 1.54) is 0 Å². The molecule has 0 aliphatic heterocycles. The van der Waals surface area contributed by atoms with Crippen LogP contribution in [-0.2, 0) is 0 Å². The Kier molecular flexibility index (Phi) is 2.85. The van der Waals surface area contributed by atoms with Gasteiger partial charge in [-0.05, 0) is 24.6 Å². The van der Waals surface area contributed by atoms with Crippen molar-refractivity contribution in [3.8, 4) is 5.75 Å². The average molecular weight is 220 g/mol. The molecule has 0 saturated carbocycles. The molecule has 1 atom stereocenters. The van der Waals surface area contributed by atoms with Crippen molar-refractivity contribution in [3.63, 3.8) is 0 Å². The van der Waals surface area contributed by atoms with E-state index in [2.05, 4.69) is 4.98 Å². The fraction of sp³-hybridized carbons (Fsp3) is 0.333. The zero-order chi connectivity index (χ0) is 11.7. The van der Waals surface area contributed by atoms with Crippen LogP contribution in [0.2, 0.25) is 0 Å². The number of aliphatic hydroxyl groups is 1. The van der Waals surface area contributed by atoms with Crippen molar-refractivity contribution in [1.29, 1.82) is 0 Å². The van der Waals surface area contributed by atoms with E-state index in [1.54, 1.807) is 7.11 Å². The van der Waals surface area contributed by atoms with E-state index in [1.807, 2.05) is 25.1 Å². The lowest BCUT2D eigenvalue weighted by atomic mass is 10.1. The molecular weight excluding hydrogens is 204 g/mol. The zero-order valence-corrected chi connectivity index (χ0v) is 9.45. The van der Waals surface area contributed by atoms with Crippen molar-refractivity contribution in [2.24, 2.45) is 5.73 Å². The van der Waals surface area contributed by atoms with E-state index in [9.17, 15) is 5.11 Å². The topological polar surface area (TPSA) is 71.3 Å². The molecule has 0 aliphatic rings. The van der Waals surface area contributed by atoms with Crippen LogP contribution < -0.4 is 10.5 Å². The van der Waals surface area contributed by atoms with Gasteiger partial charge in [0.2, 0.25) is 0 Å². The van der Waals surface area contributed by atoms with Gasteiger partial charge >= 0.3 is 0 Å². The van der Waals surface area contributed by atoms with Crippen LogP contribution in [0.4, 0.5) is 0 Å². The number of nitrogens with two attached hydrogens (primary N) is 1. The van der Waals surface area contributed by atoms with E-state index in [0.29, 0.717) is 0 Å². The standard InChI is InChI=1S/C12H16N2O2/c1-7-3-4-11(16-2)12-8(7)5-9(14-12)10(15)6-13/h3-5,10,14-15H,6,13H2,1-2H3. The van der Waals surface area contributed by atoms with E-state index >= 15 is 0 Å². The van der Waals surface area contributed by atoms with Crippen molar-refractivity contribution in [2.45, 2.75) is 13.0 Å². The normalized spacial score (nSPS) is 13.0. The molecule has 1 aromatic carbocycles. The summed E-state index contributed by atoms with van der Waals surface area (Å²) in [5.41, 5.74) is 8.21. The number of nitrogens with one attached hydrogen (secondary N) is 1. The van der Waals surface area contributed by atoms with Crippen molar-refractivity contribution in [3.05, 3.63) is 29.5 Å². The smallest absolute Gasteiger partial charge is 0.142 e. The molecule has 1 heterocycles. The van der Waals surface area contributed by atoms with Crippen molar-refractivity contribution < 1.29 is 9.84 Å². The summed E-state index contributed by atoms with van der Waals surface area (Å²) in [5.74, 6) is 0.774. The Balaban J connectivity index is 2.63. The van der Waals surface area contributed by atoms with Crippen molar-refractivity contribution in [1.82, 2.24) is 4.98 Å². The van der Waals surface area contributed by atoms with E-state index in [4.69, 9.17) is 10.5 Å². The lowest BCUT2D eigenvalue weighted by Gasteiger charge is -2.04. The molecule has 0 amide bonds. The van der Waals surface area contributed by atoms with Gasteiger partial charge in [0, 0.05) is 17.6 Å². The molecule has 0 radical (unpaired) electrons. The first-order chi connectivity index (χ1) is 7.67. The van der Waals surface area contributed by atoms with Gasteiger partial charge in [-0.3, -0.25) is 0 Å². The number of aliphatic hydroxyl groups excluding tert-OH is 1. The average Bonchev–Trinajstić information content (AvgIpc) is 2.74. The van der Waals surface area contributed by atoms with Gasteiger partial charge in [-0.15, -0.1) is 0 Å². The first-order valence-corrected chi connectivity index (χ1v) is 5.21. The van der Waals surface area contributed by atoms with Crippen molar-refractivity contribution >= 4 is 10.9 Å². The van der Waals surface area contributed by atoms with Crippen LogP contribution in [0.25, 0.3) is 10.9 Å². The molecule has 0 saturated heterocycles. The number of hydrogen-bond acceptors (Lipinski definition) is 3. The van der Waals surface area contributed by atoms with Crippen LogP contribution in [0.1, 0.15) is 17.4 Å². The second-order valence-corrected chi connectivity index (χ2v) is 3.85. The van der Waals surface area contributed by atoms with E-state index < -0.39 is 6.10 Å². The third kappa shape index (κ3) is 1.66. The minimum absolute atomic E-state index is 0.203. The van der Waals surface area contributed by atoms with Gasteiger partial charge in [-0.1, -0.05) is 6.07 Å². The first-order valence-electron chi connectivity index (χ1n) is 5.21. The molecule has 2 rings (SSSR count). The molecule has 2 aromatic rings. The van der Waals surface area contributed by atoms with Crippen LogP contribution in [-0.4, -0.2) is 23.7 Å². The molecule has 86 valence electrons. The molecule has 0 aliphatic carbocycles. The van der Waals surface area contributed by atoms with Gasteiger partial charge in [0.05, 0.1) is 12.6 Å². The summed E-state index contributed by atoms with van der Waals surface area (Å²) >= 11 is 0. The summed E-state index contributed by atoms with van der Waals surface area (Å²) in [6, 6.07) is 5.82. The molecule has 4 heteroatoms. The van der Waals surface area contributed by atoms with Crippen LogP contribution in [0, 0.1) is 6.92 Å². The number of rotatable bonds is 3. The van der Waals surface area contributed by atoms with Gasteiger partial charge in [-0.2, -0.15) is 0 Å². The largest absolute Gasteiger partial charge is 0.495 e. The summed E-state index contributed by atoms with van der Waals surface area (Å²) in [7, 11) is 1.63. The van der Waals surface area contributed by atoms with Crippen LogP contribution >= 0.6 is 0 Å². The number of aryl methyl sites for hydroxylation is 1. The highest BCUT2D eigenvalue weighted by Crippen LogP contribution is 2.29. The molecule has 0 spiro atoms. The maximum Gasteiger partial charge on any atom is 0.142 e. The molecule has 0 bridgehead atoms. The Labute approximate surface area is 94.0 Å². The number of fused-ring (bicyclic) bond motifs is 1. The lowest BCUT2D eigenvalue weighted by Crippen LogP contribution is -2.11. The number of ether oxygens (including phenoxy) is 1. The predicted octanol–water partition coefficient (Wildman–Crippen LogP) is 1.48. The minimum atomic E-state index is -0.656. The molecule has 4 nitrogen and oxygen atoms in total. The third-order valence-electron chi connectivity index (χ3n) is 2.80. The summed E-state index contributed by atoms with van der Waals surface area (Å²) in [4.78, 5) is 3.15. The second kappa shape index (κ2) is 4.15. The van der Waals surface area contributed by atoms with Crippen LogP contribution in [0.5, 0.6) is 5.75 Å². The predicted molar refractivity (Wildman–Crippen MR) is 63.6 cm³/mol. The number of benzene rings is 1. The van der Waals surface area contributed by atoms with Crippen LogP contribution in [0.3, 0.4) is 0 Å². The number of aromatic amines is 1. The Bertz CT molecular complexity index is 505. The van der Waals surface area contributed by atoms with E-state index in [-0.39, 0.29) is 6.54 Å². The van der Waals surface area contributed by atoms with Gasteiger partial charge in [0.1, 0.15) is 11.9 Å². The Morgan fingerprint density at radius 2 is 2.25 bits per heavy atom. The molecule has 0 fully saturated rings. The van der Waals surface area contributed by atoms with Crippen LogP contribution in [0.15, 0.2) is 18.2 Å². The van der Waals surface area contributed by atoms with Gasteiger partial charge in [0.25, 0.3) is 0 Å². The molecular formula is C12H16N2O2. The molecule has 1 unspecified atom stereocenters. The van der Waals surface area contributed by atoms with Gasteiger partial charge < -0.3 is 20.6 Å². The second-order valence-electron chi connectivity index (χ2n) is 3.85. The van der Waals surface area contributed by atoms with Crippen molar-refractivity contribution in [2.75, 3.05) is 13.7 Å². The fourth-order valence-electron chi connectivity index (χ4n) is 1.83. The highest BCUT2D eigenvalue weighted by molar-refractivity contribution is 5.89. The van der Waals surface area contributed by atoms with Gasteiger partial charge in [-0.25, -0.2) is 0 Å². The maximum atomic E-state index is 9.69. The maximum absolute atomic E-state index is 9.69. The Hall–Kier alpha value is -1.52. The number of hydrogen-bond donors (Lipinski definition) is 3. The summed E-state index contributed by atoms with van der Waals surface area (Å²) in [6.45, 7) is 2.22. The quantitative estimate of drug-likeness (QED) is 0.733. The SMILES string of the molecule is COc1ccc(C)c2cc(C(O)CN)[nH]c12. The molecule has 4 N–H and O–H groups in total. The number of methoxy groups -OCH3 is 1. The first kappa shape index (κ1) is 11.0.